The normalized spacial score (nSPS) is 12.2. The van der Waals surface area contributed by atoms with Crippen molar-refractivity contribution in [2.75, 3.05) is 5.32 Å². The summed E-state index contributed by atoms with van der Waals surface area (Å²) in [4.78, 5) is 4.42. The molecular formula is C18H24ClN3O2S. The van der Waals surface area contributed by atoms with E-state index in [1.807, 2.05) is 52.8 Å². The van der Waals surface area contributed by atoms with Crippen LogP contribution in [0.5, 0.6) is 0 Å². The molecule has 0 fully saturated rings. The third-order valence-electron chi connectivity index (χ3n) is 3.77. The Kier molecular flexibility index (Phi) is 6.08. The topological polar surface area (TPSA) is 62.3 Å². The van der Waals surface area contributed by atoms with Crippen molar-refractivity contribution in [2.45, 2.75) is 51.6 Å². The van der Waals surface area contributed by atoms with E-state index in [1.165, 1.54) is 10.5 Å². The van der Waals surface area contributed by atoms with Gasteiger partial charge in [0.1, 0.15) is 10.7 Å². The summed E-state index contributed by atoms with van der Waals surface area (Å²) in [5, 5.41) is 3.78. The monoisotopic (exact) mass is 381 g/mol. The molecule has 1 aromatic heterocycles. The van der Waals surface area contributed by atoms with Gasteiger partial charge in [-0.25, -0.2) is 13.4 Å². The first-order chi connectivity index (χ1) is 11.6. The van der Waals surface area contributed by atoms with E-state index in [9.17, 15) is 8.42 Å². The SMILES string of the molecule is Cc1ccc(Nc2ccc(S(=O)(=O)N(C(C)C)C(C)C)cn2)cc1Cl. The zero-order valence-electron chi connectivity index (χ0n) is 15.1. The van der Waals surface area contributed by atoms with Gasteiger partial charge in [-0.1, -0.05) is 17.7 Å². The van der Waals surface area contributed by atoms with Crippen LogP contribution in [0.4, 0.5) is 11.5 Å². The number of benzene rings is 1. The highest BCUT2D eigenvalue weighted by molar-refractivity contribution is 7.89. The van der Waals surface area contributed by atoms with E-state index < -0.39 is 10.0 Å². The maximum Gasteiger partial charge on any atom is 0.245 e. The van der Waals surface area contributed by atoms with Gasteiger partial charge in [-0.05, 0) is 64.4 Å². The molecule has 136 valence electrons. The Morgan fingerprint density at radius 1 is 1.08 bits per heavy atom. The number of rotatable bonds is 6. The maximum atomic E-state index is 12.8. The van der Waals surface area contributed by atoms with E-state index in [-0.39, 0.29) is 17.0 Å². The first kappa shape index (κ1) is 19.7. The fraction of sp³-hybridized carbons (Fsp3) is 0.389. The van der Waals surface area contributed by atoms with Gasteiger partial charge in [-0.15, -0.1) is 0 Å². The molecular weight excluding hydrogens is 358 g/mol. The van der Waals surface area contributed by atoms with E-state index in [0.717, 1.165) is 11.3 Å². The first-order valence-electron chi connectivity index (χ1n) is 8.15. The zero-order valence-corrected chi connectivity index (χ0v) is 16.7. The maximum absolute atomic E-state index is 12.8. The van der Waals surface area contributed by atoms with Gasteiger partial charge in [0.15, 0.2) is 0 Å². The molecule has 5 nitrogen and oxygen atoms in total. The Morgan fingerprint density at radius 3 is 2.20 bits per heavy atom. The van der Waals surface area contributed by atoms with Gasteiger partial charge in [0.2, 0.25) is 10.0 Å². The van der Waals surface area contributed by atoms with Gasteiger partial charge >= 0.3 is 0 Å². The summed E-state index contributed by atoms with van der Waals surface area (Å²) in [7, 11) is -3.58. The van der Waals surface area contributed by atoms with Crippen molar-refractivity contribution in [1.82, 2.24) is 9.29 Å². The molecule has 0 bridgehead atoms. The van der Waals surface area contributed by atoms with Crippen LogP contribution in [-0.2, 0) is 10.0 Å². The fourth-order valence-electron chi connectivity index (χ4n) is 2.70. The molecule has 1 aromatic carbocycles. The molecule has 0 saturated carbocycles. The summed E-state index contributed by atoms with van der Waals surface area (Å²) in [6.07, 6.45) is 1.38. The zero-order chi connectivity index (χ0) is 18.8. The second-order valence-electron chi connectivity index (χ2n) is 6.49. The second kappa shape index (κ2) is 7.72. The highest BCUT2D eigenvalue weighted by atomic mass is 35.5. The van der Waals surface area contributed by atoms with Gasteiger partial charge in [-0.2, -0.15) is 4.31 Å². The molecule has 0 atom stereocenters. The molecule has 0 aliphatic carbocycles. The van der Waals surface area contributed by atoms with Crippen molar-refractivity contribution in [3.05, 3.63) is 47.1 Å². The van der Waals surface area contributed by atoms with Crippen LogP contribution < -0.4 is 5.32 Å². The van der Waals surface area contributed by atoms with E-state index in [0.29, 0.717) is 10.8 Å². The van der Waals surface area contributed by atoms with Crippen LogP contribution >= 0.6 is 11.6 Å². The number of anilines is 2. The predicted molar refractivity (Wildman–Crippen MR) is 103 cm³/mol. The van der Waals surface area contributed by atoms with Crippen LogP contribution in [0, 0.1) is 6.92 Å². The summed E-state index contributed by atoms with van der Waals surface area (Å²) < 4.78 is 27.1. The van der Waals surface area contributed by atoms with Crippen LogP contribution in [0.3, 0.4) is 0 Å². The summed E-state index contributed by atoms with van der Waals surface area (Å²) in [6.45, 7) is 9.38. The van der Waals surface area contributed by atoms with Crippen molar-refractivity contribution in [3.8, 4) is 0 Å². The molecule has 7 heteroatoms. The number of hydrogen-bond acceptors (Lipinski definition) is 4. The molecule has 2 aromatic rings. The molecule has 0 aliphatic heterocycles. The minimum atomic E-state index is -3.58. The van der Waals surface area contributed by atoms with Crippen LogP contribution in [0.25, 0.3) is 0 Å². The third-order valence-corrected chi connectivity index (χ3v) is 6.42. The molecule has 0 amide bonds. The number of hydrogen-bond donors (Lipinski definition) is 1. The lowest BCUT2D eigenvalue weighted by molar-refractivity contribution is 0.302. The number of aromatic nitrogens is 1. The van der Waals surface area contributed by atoms with E-state index in [4.69, 9.17) is 11.6 Å². The van der Waals surface area contributed by atoms with Gasteiger partial charge in [0.25, 0.3) is 0 Å². The molecule has 0 aliphatic rings. The predicted octanol–water partition coefficient (Wildman–Crippen LogP) is 4.59. The molecule has 0 saturated heterocycles. The minimum absolute atomic E-state index is 0.127. The van der Waals surface area contributed by atoms with Gasteiger partial charge < -0.3 is 5.32 Å². The van der Waals surface area contributed by atoms with Crippen LogP contribution in [-0.4, -0.2) is 29.8 Å². The third kappa shape index (κ3) is 4.51. The summed E-state index contributed by atoms with van der Waals surface area (Å²) in [5.74, 6) is 0.555. The lowest BCUT2D eigenvalue weighted by Crippen LogP contribution is -2.41. The number of sulfonamides is 1. The molecule has 25 heavy (non-hydrogen) atoms. The van der Waals surface area contributed by atoms with E-state index in [1.54, 1.807) is 12.1 Å². The van der Waals surface area contributed by atoms with E-state index in [2.05, 4.69) is 10.3 Å². The van der Waals surface area contributed by atoms with Crippen molar-refractivity contribution < 1.29 is 8.42 Å². The van der Waals surface area contributed by atoms with Crippen molar-refractivity contribution in [2.24, 2.45) is 0 Å². The van der Waals surface area contributed by atoms with Crippen LogP contribution in [0.2, 0.25) is 5.02 Å². The largest absolute Gasteiger partial charge is 0.340 e. The minimum Gasteiger partial charge on any atom is -0.340 e. The number of aryl methyl sites for hydroxylation is 1. The van der Waals surface area contributed by atoms with Gasteiger partial charge in [0, 0.05) is 29.0 Å². The fourth-order valence-corrected chi connectivity index (χ4v) is 4.66. The summed E-state index contributed by atoms with van der Waals surface area (Å²) >= 11 is 6.11. The quantitative estimate of drug-likeness (QED) is 0.794. The summed E-state index contributed by atoms with van der Waals surface area (Å²) in [5.41, 5.74) is 1.79. The number of nitrogens with one attached hydrogen (secondary N) is 1. The molecule has 2 rings (SSSR count). The Bertz CT molecular complexity index is 826. The molecule has 1 N–H and O–H groups in total. The average molecular weight is 382 g/mol. The van der Waals surface area contributed by atoms with Gasteiger partial charge in [-0.3, -0.25) is 0 Å². The Hall–Kier alpha value is -1.63. The van der Waals surface area contributed by atoms with Crippen LogP contribution in [0.15, 0.2) is 41.4 Å². The Morgan fingerprint density at radius 2 is 1.72 bits per heavy atom. The molecule has 0 unspecified atom stereocenters. The van der Waals surface area contributed by atoms with Crippen molar-refractivity contribution in [3.63, 3.8) is 0 Å². The van der Waals surface area contributed by atoms with Gasteiger partial charge in [0.05, 0.1) is 0 Å². The first-order valence-corrected chi connectivity index (χ1v) is 9.97. The number of pyridine rings is 1. The molecule has 0 spiro atoms. The number of nitrogens with zero attached hydrogens (tertiary/aromatic N) is 2. The standard InChI is InChI=1S/C18H24ClN3O2S/c1-12(2)22(13(3)4)25(23,24)16-8-9-18(20-11-16)21-15-7-6-14(5)17(19)10-15/h6-13H,1-5H3,(H,20,21). The Labute approximate surface area is 155 Å². The molecule has 1 heterocycles. The Balaban J connectivity index is 2.25. The van der Waals surface area contributed by atoms with Crippen molar-refractivity contribution >= 4 is 33.1 Å². The molecule has 0 radical (unpaired) electrons. The average Bonchev–Trinajstić information content (AvgIpc) is 2.50. The van der Waals surface area contributed by atoms with E-state index >= 15 is 0 Å². The van der Waals surface area contributed by atoms with Crippen LogP contribution in [0.1, 0.15) is 33.3 Å². The highest BCUT2D eigenvalue weighted by Gasteiger charge is 2.29. The lowest BCUT2D eigenvalue weighted by Gasteiger charge is -2.29. The summed E-state index contributed by atoms with van der Waals surface area (Å²) in [6, 6.07) is 8.58. The highest BCUT2D eigenvalue weighted by Crippen LogP contribution is 2.24. The van der Waals surface area contributed by atoms with Crippen molar-refractivity contribution in [1.29, 1.82) is 0 Å². The second-order valence-corrected chi connectivity index (χ2v) is 8.74. The number of halogens is 1. The lowest BCUT2D eigenvalue weighted by atomic mass is 10.2. The smallest absolute Gasteiger partial charge is 0.245 e.